The van der Waals surface area contributed by atoms with Crippen LogP contribution in [0.2, 0.25) is 0 Å². The van der Waals surface area contributed by atoms with Crippen molar-refractivity contribution >= 4 is 10.0 Å². The summed E-state index contributed by atoms with van der Waals surface area (Å²) in [5, 5.41) is 8.97. The Bertz CT molecular complexity index is 642. The molecular weight excluding hydrogens is 270 g/mol. The van der Waals surface area contributed by atoms with Crippen LogP contribution in [0.3, 0.4) is 0 Å². The van der Waals surface area contributed by atoms with Crippen LogP contribution in [0.5, 0.6) is 0 Å². The number of aliphatic hydroxyl groups is 1. The van der Waals surface area contributed by atoms with E-state index in [4.69, 9.17) is 13.9 Å². The monoisotopic (exact) mass is 285 g/mol. The molecule has 0 amide bonds. The molecule has 6 nitrogen and oxygen atoms in total. The Kier molecular flexibility index (Phi) is 3.79. The summed E-state index contributed by atoms with van der Waals surface area (Å²) < 4.78 is 36.0. The van der Waals surface area contributed by atoms with Crippen LogP contribution >= 0.6 is 0 Å². The quantitative estimate of drug-likeness (QED) is 0.899. The van der Waals surface area contributed by atoms with Gasteiger partial charge in [-0.25, -0.2) is 8.42 Å². The van der Waals surface area contributed by atoms with Crippen molar-refractivity contribution in [3.05, 3.63) is 41.7 Å². The highest BCUT2D eigenvalue weighted by Gasteiger charge is 2.26. The predicted molar refractivity (Wildman–Crippen MR) is 66.7 cm³/mol. The standard InChI is InChI=1S/C12H15NO5S/c1-9-12(5-11(7-14)18-9)19(15,16)13(2)6-10-3-4-17-8-10/h3-5,8,14H,6-7H2,1-2H3. The van der Waals surface area contributed by atoms with Gasteiger partial charge in [0.1, 0.15) is 23.0 Å². The first-order chi connectivity index (χ1) is 8.95. The number of furan rings is 2. The summed E-state index contributed by atoms with van der Waals surface area (Å²) in [6, 6.07) is 3.05. The van der Waals surface area contributed by atoms with Gasteiger partial charge in [0.25, 0.3) is 0 Å². The number of aliphatic hydroxyl groups excluding tert-OH is 1. The van der Waals surface area contributed by atoms with E-state index >= 15 is 0 Å². The highest BCUT2D eigenvalue weighted by molar-refractivity contribution is 7.89. The van der Waals surface area contributed by atoms with Crippen LogP contribution in [-0.2, 0) is 23.2 Å². The van der Waals surface area contributed by atoms with Crippen molar-refractivity contribution in [3.8, 4) is 0 Å². The highest BCUT2D eigenvalue weighted by Crippen LogP contribution is 2.24. The minimum atomic E-state index is -3.65. The van der Waals surface area contributed by atoms with Crippen LogP contribution in [0.1, 0.15) is 17.1 Å². The van der Waals surface area contributed by atoms with Crippen LogP contribution in [0.4, 0.5) is 0 Å². The molecule has 0 saturated carbocycles. The first kappa shape index (κ1) is 13.9. The molecule has 2 aromatic rings. The number of rotatable bonds is 5. The van der Waals surface area contributed by atoms with Gasteiger partial charge in [-0.1, -0.05) is 0 Å². The van der Waals surface area contributed by atoms with Crippen molar-refractivity contribution in [2.75, 3.05) is 7.05 Å². The second kappa shape index (κ2) is 5.20. The Balaban J connectivity index is 2.28. The maximum atomic E-state index is 12.4. The van der Waals surface area contributed by atoms with Crippen molar-refractivity contribution in [1.29, 1.82) is 0 Å². The maximum absolute atomic E-state index is 12.4. The molecule has 0 spiro atoms. The molecule has 0 aliphatic rings. The smallest absolute Gasteiger partial charge is 0.246 e. The average Bonchev–Trinajstić information content (AvgIpc) is 2.98. The second-order valence-corrected chi connectivity index (χ2v) is 6.20. The fraction of sp³-hybridized carbons (Fsp3) is 0.333. The van der Waals surface area contributed by atoms with Gasteiger partial charge >= 0.3 is 0 Å². The lowest BCUT2D eigenvalue weighted by atomic mass is 10.3. The molecule has 0 aliphatic heterocycles. The van der Waals surface area contributed by atoms with Gasteiger partial charge < -0.3 is 13.9 Å². The van der Waals surface area contributed by atoms with Crippen LogP contribution in [0.25, 0.3) is 0 Å². The first-order valence-electron chi connectivity index (χ1n) is 5.62. The summed E-state index contributed by atoms with van der Waals surface area (Å²) in [5.41, 5.74) is 0.759. The topological polar surface area (TPSA) is 83.9 Å². The lowest BCUT2D eigenvalue weighted by molar-refractivity contribution is 0.244. The molecule has 2 rings (SSSR count). The molecule has 0 atom stereocenters. The SMILES string of the molecule is Cc1oc(CO)cc1S(=O)(=O)N(C)Cc1ccoc1. The van der Waals surface area contributed by atoms with Crippen LogP contribution in [-0.4, -0.2) is 24.9 Å². The number of sulfonamides is 1. The lowest BCUT2D eigenvalue weighted by Crippen LogP contribution is -2.26. The van der Waals surface area contributed by atoms with E-state index in [9.17, 15) is 8.42 Å². The Morgan fingerprint density at radius 1 is 1.42 bits per heavy atom. The molecule has 0 unspecified atom stereocenters. The number of aryl methyl sites for hydroxylation is 1. The van der Waals surface area contributed by atoms with Gasteiger partial charge in [0.15, 0.2) is 0 Å². The molecule has 0 radical (unpaired) electrons. The fourth-order valence-electron chi connectivity index (χ4n) is 1.75. The predicted octanol–water partition coefficient (Wildman–Crippen LogP) is 1.49. The zero-order valence-electron chi connectivity index (χ0n) is 10.7. The third-order valence-corrected chi connectivity index (χ3v) is 4.66. The molecule has 2 aromatic heterocycles. The molecule has 19 heavy (non-hydrogen) atoms. The van der Waals surface area contributed by atoms with Crippen molar-refractivity contribution in [2.45, 2.75) is 25.0 Å². The molecular formula is C12H15NO5S. The van der Waals surface area contributed by atoms with Gasteiger partial charge in [0.2, 0.25) is 10.0 Å². The van der Waals surface area contributed by atoms with E-state index in [-0.39, 0.29) is 29.6 Å². The molecule has 0 fully saturated rings. The van der Waals surface area contributed by atoms with E-state index in [1.54, 1.807) is 13.0 Å². The Labute approximate surface area is 111 Å². The molecule has 1 N–H and O–H groups in total. The Morgan fingerprint density at radius 3 is 2.68 bits per heavy atom. The molecule has 0 bridgehead atoms. The fourth-order valence-corrected chi connectivity index (χ4v) is 3.09. The van der Waals surface area contributed by atoms with E-state index in [0.717, 1.165) is 5.56 Å². The van der Waals surface area contributed by atoms with Crippen molar-refractivity contribution in [2.24, 2.45) is 0 Å². The minimum Gasteiger partial charge on any atom is -0.472 e. The molecule has 0 aliphatic carbocycles. The molecule has 0 saturated heterocycles. The maximum Gasteiger partial charge on any atom is 0.246 e. The molecule has 7 heteroatoms. The largest absolute Gasteiger partial charge is 0.472 e. The van der Waals surface area contributed by atoms with Crippen molar-refractivity contribution < 1.29 is 22.4 Å². The minimum absolute atomic E-state index is 0.0718. The summed E-state index contributed by atoms with van der Waals surface area (Å²) in [6.07, 6.45) is 2.98. The van der Waals surface area contributed by atoms with E-state index in [1.165, 1.54) is 29.9 Å². The van der Waals surface area contributed by atoms with E-state index in [1.807, 2.05) is 0 Å². The highest BCUT2D eigenvalue weighted by atomic mass is 32.2. The summed E-state index contributed by atoms with van der Waals surface area (Å²) in [4.78, 5) is 0.0718. The first-order valence-corrected chi connectivity index (χ1v) is 7.06. The van der Waals surface area contributed by atoms with Gasteiger partial charge in [-0.15, -0.1) is 0 Å². The number of nitrogens with zero attached hydrogens (tertiary/aromatic N) is 1. The molecule has 2 heterocycles. The zero-order valence-corrected chi connectivity index (χ0v) is 11.5. The van der Waals surface area contributed by atoms with Crippen molar-refractivity contribution in [1.82, 2.24) is 4.31 Å². The van der Waals surface area contributed by atoms with Gasteiger partial charge in [-0.3, -0.25) is 0 Å². The van der Waals surface area contributed by atoms with Crippen molar-refractivity contribution in [3.63, 3.8) is 0 Å². The zero-order chi connectivity index (χ0) is 14.0. The summed E-state index contributed by atoms with van der Waals surface area (Å²) in [7, 11) is -2.17. The van der Waals surface area contributed by atoms with Gasteiger partial charge in [-0.2, -0.15) is 4.31 Å². The Hall–Kier alpha value is -1.57. The van der Waals surface area contributed by atoms with Gasteiger partial charge in [0.05, 0.1) is 12.5 Å². The van der Waals surface area contributed by atoms with E-state index in [0.29, 0.717) is 0 Å². The summed E-state index contributed by atoms with van der Waals surface area (Å²) in [6.45, 7) is 1.43. The third kappa shape index (κ3) is 2.73. The average molecular weight is 285 g/mol. The van der Waals surface area contributed by atoms with Gasteiger partial charge in [-0.05, 0) is 13.0 Å². The number of hydrogen-bond acceptors (Lipinski definition) is 5. The third-order valence-electron chi connectivity index (χ3n) is 2.75. The lowest BCUT2D eigenvalue weighted by Gasteiger charge is -2.15. The van der Waals surface area contributed by atoms with Crippen LogP contribution < -0.4 is 0 Å². The van der Waals surface area contributed by atoms with Crippen LogP contribution in [0.15, 0.2) is 38.4 Å². The summed E-state index contributed by atoms with van der Waals surface area (Å²) >= 11 is 0. The van der Waals surface area contributed by atoms with E-state index < -0.39 is 10.0 Å². The molecule has 0 aromatic carbocycles. The van der Waals surface area contributed by atoms with Crippen LogP contribution in [0, 0.1) is 6.92 Å². The van der Waals surface area contributed by atoms with E-state index in [2.05, 4.69) is 0 Å². The normalized spacial score (nSPS) is 12.2. The molecule has 104 valence electrons. The number of hydrogen-bond donors (Lipinski definition) is 1. The summed E-state index contributed by atoms with van der Waals surface area (Å²) in [5.74, 6) is 0.496. The Morgan fingerprint density at radius 2 is 2.16 bits per heavy atom. The second-order valence-electron chi connectivity index (χ2n) is 4.18. The van der Waals surface area contributed by atoms with Gasteiger partial charge in [0, 0.05) is 25.2 Å².